The van der Waals surface area contributed by atoms with Crippen molar-refractivity contribution in [3.05, 3.63) is 41.8 Å². The first kappa shape index (κ1) is 12.6. The number of rotatable bonds is 3. The molecule has 5 nitrogen and oxygen atoms in total. The summed E-state index contributed by atoms with van der Waals surface area (Å²) < 4.78 is 18.1. The fraction of sp³-hybridized carbons (Fsp3) is 0.0769. The monoisotopic (exact) mass is 258 g/mol. The number of aromatic nitrogens is 1. The van der Waals surface area contributed by atoms with Gasteiger partial charge < -0.3 is 15.8 Å². The van der Waals surface area contributed by atoms with E-state index in [-0.39, 0.29) is 0 Å². The molecule has 0 fully saturated rings. The first-order valence-electron chi connectivity index (χ1n) is 5.40. The average molecular weight is 258 g/mol. The molecule has 0 saturated heterocycles. The van der Waals surface area contributed by atoms with Crippen molar-refractivity contribution in [2.75, 3.05) is 18.2 Å². The Morgan fingerprint density at radius 2 is 2.21 bits per heavy atom. The van der Waals surface area contributed by atoms with E-state index in [1.165, 1.54) is 37.6 Å². The number of nitriles is 1. The standard InChI is InChI=1S/C13H11FN4O/c1-19-12-5-9(14)2-3-11(12)18-13-8(6-15)4-10(16)7-17-13/h2-5,7H,16H2,1H3,(H,17,18). The summed E-state index contributed by atoms with van der Waals surface area (Å²) in [7, 11) is 1.43. The molecule has 6 heteroatoms. The first-order valence-corrected chi connectivity index (χ1v) is 5.40. The Morgan fingerprint density at radius 3 is 2.89 bits per heavy atom. The predicted molar refractivity (Wildman–Crippen MR) is 69.6 cm³/mol. The van der Waals surface area contributed by atoms with E-state index in [2.05, 4.69) is 10.3 Å². The lowest BCUT2D eigenvalue weighted by Crippen LogP contribution is -2.00. The molecule has 0 aliphatic carbocycles. The lowest BCUT2D eigenvalue weighted by Gasteiger charge is -2.11. The summed E-state index contributed by atoms with van der Waals surface area (Å²) >= 11 is 0. The highest BCUT2D eigenvalue weighted by molar-refractivity contribution is 5.69. The summed E-state index contributed by atoms with van der Waals surface area (Å²) in [4.78, 5) is 4.03. The largest absolute Gasteiger partial charge is 0.494 e. The third-order valence-electron chi connectivity index (χ3n) is 2.45. The molecule has 2 rings (SSSR count). The quantitative estimate of drug-likeness (QED) is 0.883. The average Bonchev–Trinajstić information content (AvgIpc) is 2.42. The number of ether oxygens (including phenoxy) is 1. The Hall–Kier alpha value is -2.81. The molecule has 1 aromatic heterocycles. The second-order valence-corrected chi connectivity index (χ2v) is 3.75. The molecule has 2 aromatic rings. The van der Waals surface area contributed by atoms with Crippen LogP contribution in [0.25, 0.3) is 0 Å². The molecule has 96 valence electrons. The zero-order valence-corrected chi connectivity index (χ0v) is 10.1. The number of nitrogens with one attached hydrogen (secondary N) is 1. The highest BCUT2D eigenvalue weighted by atomic mass is 19.1. The fourth-order valence-electron chi connectivity index (χ4n) is 1.56. The second kappa shape index (κ2) is 5.23. The van der Waals surface area contributed by atoms with Crippen LogP contribution in [0.3, 0.4) is 0 Å². The van der Waals surface area contributed by atoms with E-state index >= 15 is 0 Å². The van der Waals surface area contributed by atoms with Crippen molar-refractivity contribution < 1.29 is 9.13 Å². The Morgan fingerprint density at radius 1 is 1.42 bits per heavy atom. The molecule has 0 bridgehead atoms. The van der Waals surface area contributed by atoms with E-state index in [9.17, 15) is 4.39 Å². The van der Waals surface area contributed by atoms with Crippen molar-refractivity contribution in [1.82, 2.24) is 4.98 Å². The summed E-state index contributed by atoms with van der Waals surface area (Å²) in [6.07, 6.45) is 1.43. The minimum atomic E-state index is -0.409. The maximum Gasteiger partial charge on any atom is 0.148 e. The van der Waals surface area contributed by atoms with Gasteiger partial charge in [0.1, 0.15) is 23.5 Å². The highest BCUT2D eigenvalue weighted by Crippen LogP contribution is 2.29. The van der Waals surface area contributed by atoms with E-state index in [4.69, 9.17) is 15.7 Å². The third kappa shape index (κ3) is 2.72. The Bertz CT molecular complexity index is 652. The molecule has 3 N–H and O–H groups in total. The number of anilines is 3. The van der Waals surface area contributed by atoms with E-state index < -0.39 is 5.82 Å². The van der Waals surface area contributed by atoms with Crippen LogP contribution >= 0.6 is 0 Å². The van der Waals surface area contributed by atoms with Gasteiger partial charge in [-0.2, -0.15) is 5.26 Å². The van der Waals surface area contributed by atoms with Crippen LogP contribution in [-0.2, 0) is 0 Å². The normalized spacial score (nSPS) is 9.74. The summed E-state index contributed by atoms with van der Waals surface area (Å²) in [5.41, 5.74) is 6.76. The lowest BCUT2D eigenvalue weighted by molar-refractivity contribution is 0.413. The van der Waals surface area contributed by atoms with Gasteiger partial charge >= 0.3 is 0 Å². The van der Waals surface area contributed by atoms with Crippen LogP contribution in [0, 0.1) is 17.1 Å². The molecule has 19 heavy (non-hydrogen) atoms. The molecular weight excluding hydrogens is 247 g/mol. The van der Waals surface area contributed by atoms with E-state index in [1.807, 2.05) is 6.07 Å². The summed E-state index contributed by atoms with van der Waals surface area (Å²) in [5.74, 6) is 0.247. The van der Waals surface area contributed by atoms with Crippen LogP contribution in [0.2, 0.25) is 0 Å². The molecule has 0 unspecified atom stereocenters. The van der Waals surface area contributed by atoms with Crippen molar-refractivity contribution in [3.8, 4) is 11.8 Å². The van der Waals surface area contributed by atoms with Crippen LogP contribution in [0.4, 0.5) is 21.6 Å². The molecule has 0 amide bonds. The van der Waals surface area contributed by atoms with Gasteiger partial charge in [-0.25, -0.2) is 9.37 Å². The summed E-state index contributed by atoms with van der Waals surface area (Å²) in [6.45, 7) is 0. The van der Waals surface area contributed by atoms with E-state index in [0.717, 1.165) is 0 Å². The van der Waals surface area contributed by atoms with Gasteiger partial charge in [0.15, 0.2) is 0 Å². The van der Waals surface area contributed by atoms with E-state index in [0.29, 0.717) is 28.5 Å². The van der Waals surface area contributed by atoms with Crippen LogP contribution in [0.5, 0.6) is 5.75 Å². The zero-order chi connectivity index (χ0) is 13.8. The van der Waals surface area contributed by atoms with Crippen LogP contribution in [0.15, 0.2) is 30.5 Å². The number of hydrogen-bond donors (Lipinski definition) is 2. The molecule has 1 aromatic carbocycles. The molecular formula is C13H11FN4O. The van der Waals surface area contributed by atoms with Crippen molar-refractivity contribution in [2.45, 2.75) is 0 Å². The van der Waals surface area contributed by atoms with Gasteiger partial charge in [-0.3, -0.25) is 0 Å². The van der Waals surface area contributed by atoms with Gasteiger partial charge in [0.25, 0.3) is 0 Å². The highest BCUT2D eigenvalue weighted by Gasteiger charge is 2.09. The molecule has 0 radical (unpaired) electrons. The minimum absolute atomic E-state index is 0.298. The van der Waals surface area contributed by atoms with Crippen molar-refractivity contribution in [1.29, 1.82) is 5.26 Å². The number of hydrogen-bond acceptors (Lipinski definition) is 5. The zero-order valence-electron chi connectivity index (χ0n) is 10.1. The maximum absolute atomic E-state index is 13.1. The van der Waals surface area contributed by atoms with Crippen LogP contribution in [-0.4, -0.2) is 12.1 Å². The second-order valence-electron chi connectivity index (χ2n) is 3.75. The molecule has 0 atom stereocenters. The number of nitrogens with zero attached hydrogens (tertiary/aromatic N) is 2. The Balaban J connectivity index is 2.39. The summed E-state index contributed by atoms with van der Waals surface area (Å²) in [5, 5.41) is 11.9. The first-order chi connectivity index (χ1) is 9.13. The number of methoxy groups -OCH3 is 1. The van der Waals surface area contributed by atoms with Gasteiger partial charge in [-0.05, 0) is 18.2 Å². The van der Waals surface area contributed by atoms with E-state index in [1.54, 1.807) is 0 Å². The number of nitrogen functional groups attached to an aromatic ring is 1. The SMILES string of the molecule is COc1cc(F)ccc1Nc1ncc(N)cc1C#N. The molecule has 0 saturated carbocycles. The minimum Gasteiger partial charge on any atom is -0.494 e. The smallest absolute Gasteiger partial charge is 0.148 e. The van der Waals surface area contributed by atoms with Crippen molar-refractivity contribution in [3.63, 3.8) is 0 Å². The Kier molecular flexibility index (Phi) is 3.48. The number of pyridine rings is 1. The molecule has 0 aliphatic heterocycles. The van der Waals surface area contributed by atoms with Gasteiger partial charge in [0.2, 0.25) is 0 Å². The lowest BCUT2D eigenvalue weighted by atomic mass is 10.2. The van der Waals surface area contributed by atoms with Gasteiger partial charge in [0, 0.05) is 6.07 Å². The number of halogens is 1. The number of nitrogens with two attached hydrogens (primary N) is 1. The molecule has 0 aliphatic rings. The summed E-state index contributed by atoms with van der Waals surface area (Å²) in [6, 6.07) is 7.53. The Labute approximate surface area is 109 Å². The van der Waals surface area contributed by atoms with Crippen LogP contribution in [0.1, 0.15) is 5.56 Å². The van der Waals surface area contributed by atoms with Gasteiger partial charge in [-0.15, -0.1) is 0 Å². The fourth-order valence-corrected chi connectivity index (χ4v) is 1.56. The maximum atomic E-state index is 13.1. The van der Waals surface area contributed by atoms with Crippen molar-refractivity contribution in [2.24, 2.45) is 0 Å². The van der Waals surface area contributed by atoms with Gasteiger partial charge in [0.05, 0.1) is 30.2 Å². The van der Waals surface area contributed by atoms with Gasteiger partial charge in [-0.1, -0.05) is 0 Å². The third-order valence-corrected chi connectivity index (χ3v) is 2.45. The molecule has 0 spiro atoms. The van der Waals surface area contributed by atoms with Crippen molar-refractivity contribution >= 4 is 17.2 Å². The number of benzene rings is 1. The molecule has 1 heterocycles. The topological polar surface area (TPSA) is 84.0 Å². The van der Waals surface area contributed by atoms with Crippen LogP contribution < -0.4 is 15.8 Å². The predicted octanol–water partition coefficient (Wildman–Crippen LogP) is 2.43.